The lowest BCUT2D eigenvalue weighted by Crippen LogP contribution is -2.69. The van der Waals surface area contributed by atoms with E-state index in [1.807, 2.05) is 6.92 Å². The molecule has 0 aromatic rings. The molecule has 4 aliphatic carbocycles. The highest BCUT2D eigenvalue weighted by molar-refractivity contribution is 6.01. The number of Topliss-reactive ketones (excluding diaryl/α,β-unsaturated/α-hetero) is 1. The van der Waals surface area contributed by atoms with Crippen molar-refractivity contribution in [3.8, 4) is 0 Å². The molecule has 2 unspecified atom stereocenters. The highest BCUT2D eigenvalue weighted by atomic mass is 19.1. The first-order valence-electron chi connectivity index (χ1n) is 12.6. The standard InChI is InChI=1S/C27H37FO6/c1-5-6-7-23(32)34-15-22(31)27(33)16(2)12-20-19-9-8-17-13-18(29)10-11-24(17,3)26(19,28)21(30)14-25(20,27)4/h10-11,13,16,19-21,30,33H,5-9,12,14-15H2,1-4H3/t16?,19-,20-,21?,24-,25-,26-,27-/m0/s1. The van der Waals surface area contributed by atoms with Crippen LogP contribution >= 0.6 is 0 Å². The van der Waals surface area contributed by atoms with Gasteiger partial charge in [0.1, 0.15) is 5.60 Å². The Morgan fingerprint density at radius 2 is 1.97 bits per heavy atom. The van der Waals surface area contributed by atoms with Crippen LogP contribution in [0.2, 0.25) is 0 Å². The molecule has 0 aliphatic heterocycles. The molecule has 188 valence electrons. The fraction of sp³-hybridized carbons (Fsp3) is 0.741. The molecule has 3 fully saturated rings. The van der Waals surface area contributed by atoms with Gasteiger partial charge in [0.15, 0.2) is 18.1 Å². The Balaban J connectivity index is 1.65. The first-order chi connectivity index (χ1) is 15.9. The van der Waals surface area contributed by atoms with Crippen LogP contribution < -0.4 is 0 Å². The lowest BCUT2D eigenvalue weighted by atomic mass is 9.44. The Hall–Kier alpha value is -1.86. The van der Waals surface area contributed by atoms with Gasteiger partial charge < -0.3 is 14.9 Å². The van der Waals surface area contributed by atoms with Gasteiger partial charge in [-0.1, -0.05) is 38.8 Å². The number of alkyl halides is 1. The molecule has 4 rings (SSSR count). The monoisotopic (exact) mass is 476 g/mol. The van der Waals surface area contributed by atoms with Crippen LogP contribution in [0.5, 0.6) is 0 Å². The van der Waals surface area contributed by atoms with Crippen LogP contribution in [0.15, 0.2) is 23.8 Å². The van der Waals surface area contributed by atoms with Gasteiger partial charge in [0, 0.05) is 23.2 Å². The topological polar surface area (TPSA) is 101 Å². The molecule has 3 saturated carbocycles. The lowest BCUT2D eigenvalue weighted by Gasteiger charge is -2.62. The number of allylic oxidation sites excluding steroid dienone is 4. The summed E-state index contributed by atoms with van der Waals surface area (Å²) in [5.41, 5.74) is -5.34. The second-order valence-corrected chi connectivity index (χ2v) is 11.4. The maximum Gasteiger partial charge on any atom is 0.306 e. The highest BCUT2D eigenvalue weighted by Gasteiger charge is 2.75. The maximum atomic E-state index is 17.1. The molecule has 0 spiro atoms. The van der Waals surface area contributed by atoms with Crippen molar-refractivity contribution in [2.45, 2.75) is 90.0 Å². The van der Waals surface area contributed by atoms with Crippen molar-refractivity contribution in [2.75, 3.05) is 6.61 Å². The van der Waals surface area contributed by atoms with E-state index in [9.17, 15) is 24.6 Å². The summed E-state index contributed by atoms with van der Waals surface area (Å²) in [4.78, 5) is 37.2. The third-order valence-electron chi connectivity index (χ3n) is 9.75. The van der Waals surface area contributed by atoms with Crippen LogP contribution in [-0.4, -0.2) is 51.7 Å². The van der Waals surface area contributed by atoms with Gasteiger partial charge in [-0.2, -0.15) is 0 Å². The van der Waals surface area contributed by atoms with Crippen LogP contribution in [0.1, 0.15) is 72.6 Å². The number of carbonyl (C=O) groups excluding carboxylic acids is 3. The predicted molar refractivity (Wildman–Crippen MR) is 123 cm³/mol. The lowest BCUT2D eigenvalue weighted by molar-refractivity contribution is -0.220. The maximum absolute atomic E-state index is 17.1. The molecule has 0 bridgehead atoms. The number of carbonyl (C=O) groups is 3. The molecule has 7 heteroatoms. The number of rotatable bonds is 6. The number of aliphatic hydroxyl groups excluding tert-OH is 1. The summed E-state index contributed by atoms with van der Waals surface area (Å²) in [7, 11) is 0. The molecular formula is C27H37FO6. The van der Waals surface area contributed by atoms with E-state index in [1.165, 1.54) is 12.2 Å². The van der Waals surface area contributed by atoms with Crippen LogP contribution in [0.25, 0.3) is 0 Å². The smallest absolute Gasteiger partial charge is 0.306 e. The van der Waals surface area contributed by atoms with E-state index in [0.717, 1.165) is 6.42 Å². The number of aliphatic hydroxyl groups is 2. The largest absolute Gasteiger partial charge is 0.458 e. The second-order valence-electron chi connectivity index (χ2n) is 11.4. The van der Waals surface area contributed by atoms with Crippen molar-refractivity contribution in [3.63, 3.8) is 0 Å². The summed E-state index contributed by atoms with van der Waals surface area (Å²) < 4.78 is 22.3. The van der Waals surface area contributed by atoms with E-state index in [4.69, 9.17) is 4.74 Å². The van der Waals surface area contributed by atoms with E-state index in [0.29, 0.717) is 31.3 Å². The summed E-state index contributed by atoms with van der Waals surface area (Å²) in [5.74, 6) is -2.64. The number of halogens is 1. The van der Waals surface area contributed by atoms with E-state index in [-0.39, 0.29) is 24.5 Å². The van der Waals surface area contributed by atoms with Crippen molar-refractivity contribution < 1.29 is 33.7 Å². The summed E-state index contributed by atoms with van der Waals surface area (Å²) in [6, 6.07) is 0. The van der Waals surface area contributed by atoms with Gasteiger partial charge in [0.05, 0.1) is 6.10 Å². The number of fused-ring (bicyclic) bond motifs is 5. The molecule has 8 atom stereocenters. The fourth-order valence-electron chi connectivity index (χ4n) is 7.79. The average Bonchev–Trinajstić information content (AvgIpc) is 2.99. The number of unbranched alkanes of at least 4 members (excludes halogenated alkanes) is 1. The van der Waals surface area contributed by atoms with Gasteiger partial charge in [-0.15, -0.1) is 0 Å². The molecule has 4 aliphatic rings. The van der Waals surface area contributed by atoms with Gasteiger partial charge in [-0.25, -0.2) is 4.39 Å². The van der Waals surface area contributed by atoms with Crippen molar-refractivity contribution in [1.29, 1.82) is 0 Å². The Labute approximate surface area is 200 Å². The molecule has 0 amide bonds. The Bertz CT molecular complexity index is 957. The quantitative estimate of drug-likeness (QED) is 0.568. The van der Waals surface area contributed by atoms with Crippen molar-refractivity contribution in [3.05, 3.63) is 23.8 Å². The zero-order chi connectivity index (χ0) is 25.1. The number of hydrogen-bond acceptors (Lipinski definition) is 6. The average molecular weight is 477 g/mol. The Kier molecular flexibility index (Phi) is 6.21. The third-order valence-corrected chi connectivity index (χ3v) is 9.75. The van der Waals surface area contributed by atoms with Crippen LogP contribution in [0.4, 0.5) is 4.39 Å². The molecule has 0 saturated heterocycles. The van der Waals surface area contributed by atoms with E-state index >= 15 is 4.39 Å². The molecule has 2 N–H and O–H groups in total. The normalized spacial score (nSPS) is 45.1. The van der Waals surface area contributed by atoms with Gasteiger partial charge in [0.25, 0.3) is 0 Å². The molecule has 6 nitrogen and oxygen atoms in total. The molecule has 34 heavy (non-hydrogen) atoms. The van der Waals surface area contributed by atoms with Gasteiger partial charge >= 0.3 is 5.97 Å². The van der Waals surface area contributed by atoms with Crippen LogP contribution in [0, 0.1) is 28.6 Å². The van der Waals surface area contributed by atoms with Crippen molar-refractivity contribution >= 4 is 17.5 Å². The summed E-state index contributed by atoms with van der Waals surface area (Å²) >= 11 is 0. The molecule has 0 radical (unpaired) electrons. The first kappa shape index (κ1) is 25.2. The van der Waals surface area contributed by atoms with E-state index < -0.39 is 58.4 Å². The Morgan fingerprint density at radius 3 is 2.65 bits per heavy atom. The van der Waals surface area contributed by atoms with E-state index in [2.05, 4.69) is 0 Å². The minimum absolute atomic E-state index is 0.0916. The highest BCUT2D eigenvalue weighted by Crippen LogP contribution is 2.70. The molecule has 0 heterocycles. The SMILES string of the molecule is CCCCC(=O)OCC(=O)[C@@]1(O)C(C)C[C@H]2[C@@H]3CCC4=CC(=O)C=C[C@]4(C)[C@@]3(F)C(O)C[C@@]21C. The summed E-state index contributed by atoms with van der Waals surface area (Å²) in [5, 5.41) is 23.2. The van der Waals surface area contributed by atoms with Crippen molar-refractivity contribution in [1.82, 2.24) is 0 Å². The second kappa shape index (κ2) is 8.37. The number of esters is 1. The molecular weight excluding hydrogens is 439 g/mol. The molecule has 0 aromatic heterocycles. The minimum Gasteiger partial charge on any atom is -0.458 e. The number of hydrogen-bond donors (Lipinski definition) is 2. The van der Waals surface area contributed by atoms with E-state index in [1.54, 1.807) is 26.8 Å². The summed E-state index contributed by atoms with van der Waals surface area (Å²) in [6.07, 6.45) is 6.03. The minimum atomic E-state index is -2.01. The van der Waals surface area contributed by atoms with Crippen LogP contribution in [-0.2, 0) is 19.1 Å². The predicted octanol–water partition coefficient (Wildman–Crippen LogP) is 3.64. The van der Waals surface area contributed by atoms with Gasteiger partial charge in [0.2, 0.25) is 5.78 Å². The molecule has 0 aromatic carbocycles. The third kappa shape index (κ3) is 3.22. The van der Waals surface area contributed by atoms with Gasteiger partial charge in [-0.05, 0) is 63.0 Å². The fourth-order valence-corrected chi connectivity index (χ4v) is 7.79. The summed E-state index contributed by atoms with van der Waals surface area (Å²) in [6.45, 7) is 6.72. The van der Waals surface area contributed by atoms with Gasteiger partial charge in [-0.3, -0.25) is 14.4 Å². The van der Waals surface area contributed by atoms with Crippen LogP contribution in [0.3, 0.4) is 0 Å². The number of ether oxygens (including phenoxy) is 1. The zero-order valence-corrected chi connectivity index (χ0v) is 20.6. The Morgan fingerprint density at radius 1 is 1.26 bits per heavy atom. The number of ketones is 2. The zero-order valence-electron chi connectivity index (χ0n) is 20.6. The van der Waals surface area contributed by atoms with Crippen molar-refractivity contribution in [2.24, 2.45) is 28.6 Å². The first-order valence-corrected chi connectivity index (χ1v) is 12.6.